The van der Waals surface area contributed by atoms with Gasteiger partial charge in [-0.1, -0.05) is 12.1 Å². The molecule has 2 heterocycles. The van der Waals surface area contributed by atoms with E-state index >= 15 is 0 Å². The van der Waals surface area contributed by atoms with E-state index in [9.17, 15) is 17.6 Å². The van der Waals surface area contributed by atoms with E-state index in [4.69, 9.17) is 0 Å². The number of anilines is 1. The van der Waals surface area contributed by atoms with Crippen molar-refractivity contribution in [2.75, 3.05) is 18.1 Å². The standard InChI is InChI=1S/C21H22FN3O3S/c1-13-17(18-10-15(22)6-7-20(18)23-13)11-21(26)24-19-5-3-4-14-12-25(29(2,27)28)9-8-16(14)19/h3-7,10,23H,8-9,11-12H2,1-2H3,(H,24,26). The third kappa shape index (κ3) is 3.90. The van der Waals surface area contributed by atoms with Gasteiger partial charge in [-0.05, 0) is 54.3 Å². The first-order valence-corrected chi connectivity index (χ1v) is 11.2. The van der Waals surface area contributed by atoms with E-state index in [1.54, 1.807) is 6.07 Å². The Balaban J connectivity index is 1.56. The first-order valence-electron chi connectivity index (χ1n) is 9.35. The molecule has 4 rings (SSSR count). The number of benzene rings is 2. The molecule has 6 nitrogen and oxygen atoms in total. The lowest BCUT2D eigenvalue weighted by Crippen LogP contribution is -2.35. The van der Waals surface area contributed by atoms with Gasteiger partial charge in [0.15, 0.2) is 0 Å². The molecule has 1 aromatic heterocycles. The number of aromatic nitrogens is 1. The van der Waals surface area contributed by atoms with Crippen LogP contribution in [0.15, 0.2) is 36.4 Å². The number of halogens is 1. The number of fused-ring (bicyclic) bond motifs is 2. The van der Waals surface area contributed by atoms with Crippen LogP contribution in [0, 0.1) is 12.7 Å². The van der Waals surface area contributed by atoms with Gasteiger partial charge in [0.2, 0.25) is 15.9 Å². The molecule has 0 bridgehead atoms. The third-order valence-electron chi connectivity index (χ3n) is 5.39. The quantitative estimate of drug-likeness (QED) is 0.687. The van der Waals surface area contributed by atoms with Crippen molar-refractivity contribution in [3.05, 3.63) is 64.6 Å². The fraction of sp³-hybridized carbons (Fsp3) is 0.286. The maximum atomic E-state index is 13.7. The first-order chi connectivity index (χ1) is 13.7. The van der Waals surface area contributed by atoms with Crippen LogP contribution in [-0.4, -0.2) is 36.4 Å². The Morgan fingerprint density at radius 3 is 2.83 bits per heavy atom. The van der Waals surface area contributed by atoms with Crippen LogP contribution in [0.1, 0.15) is 22.4 Å². The molecule has 8 heteroatoms. The molecule has 1 aliphatic heterocycles. The van der Waals surface area contributed by atoms with Gasteiger partial charge in [-0.3, -0.25) is 4.79 Å². The summed E-state index contributed by atoms with van der Waals surface area (Å²) in [6.45, 7) is 2.56. The number of rotatable bonds is 4. The summed E-state index contributed by atoms with van der Waals surface area (Å²) in [7, 11) is -3.26. The number of nitrogens with zero attached hydrogens (tertiary/aromatic N) is 1. The SMILES string of the molecule is Cc1[nH]c2ccc(F)cc2c1CC(=O)Nc1cccc2c1CCN(S(C)(=O)=O)C2. The summed E-state index contributed by atoms with van der Waals surface area (Å²) in [5, 5.41) is 3.66. The number of hydrogen-bond acceptors (Lipinski definition) is 3. The van der Waals surface area contributed by atoms with E-state index in [1.165, 1.54) is 22.7 Å². The van der Waals surface area contributed by atoms with E-state index < -0.39 is 10.0 Å². The highest BCUT2D eigenvalue weighted by Crippen LogP contribution is 2.28. The summed E-state index contributed by atoms with van der Waals surface area (Å²) in [5.41, 5.74) is 4.95. The molecule has 0 spiro atoms. The summed E-state index contributed by atoms with van der Waals surface area (Å²) in [4.78, 5) is 15.9. The summed E-state index contributed by atoms with van der Waals surface area (Å²) in [6, 6.07) is 10.0. The smallest absolute Gasteiger partial charge is 0.228 e. The Hall–Kier alpha value is -2.71. The normalized spacial score (nSPS) is 14.7. The zero-order chi connectivity index (χ0) is 20.8. The minimum Gasteiger partial charge on any atom is -0.358 e. The van der Waals surface area contributed by atoms with E-state index in [0.717, 1.165) is 27.9 Å². The molecule has 0 saturated carbocycles. The predicted molar refractivity (Wildman–Crippen MR) is 111 cm³/mol. The lowest BCUT2D eigenvalue weighted by Gasteiger charge is -2.28. The Labute approximate surface area is 168 Å². The van der Waals surface area contributed by atoms with Gasteiger partial charge in [0.05, 0.1) is 12.7 Å². The fourth-order valence-corrected chi connectivity index (χ4v) is 4.72. The number of aromatic amines is 1. The van der Waals surface area contributed by atoms with Crippen molar-refractivity contribution in [2.45, 2.75) is 26.3 Å². The topological polar surface area (TPSA) is 82.3 Å². The van der Waals surface area contributed by atoms with Crippen LogP contribution in [0.5, 0.6) is 0 Å². The minimum absolute atomic E-state index is 0.119. The van der Waals surface area contributed by atoms with Crippen LogP contribution in [0.25, 0.3) is 10.9 Å². The minimum atomic E-state index is -3.26. The highest BCUT2D eigenvalue weighted by atomic mass is 32.2. The molecule has 3 aromatic rings. The van der Waals surface area contributed by atoms with Crippen molar-refractivity contribution in [2.24, 2.45) is 0 Å². The lowest BCUT2D eigenvalue weighted by molar-refractivity contribution is -0.115. The second kappa shape index (κ2) is 7.27. The summed E-state index contributed by atoms with van der Waals surface area (Å²) in [5.74, 6) is -0.539. The Morgan fingerprint density at radius 1 is 1.28 bits per heavy atom. The molecular formula is C21H22FN3O3S. The summed E-state index contributed by atoms with van der Waals surface area (Å²) < 4.78 is 38.7. The summed E-state index contributed by atoms with van der Waals surface area (Å²) in [6.07, 6.45) is 1.86. The van der Waals surface area contributed by atoms with Crippen molar-refractivity contribution in [3.63, 3.8) is 0 Å². The zero-order valence-corrected chi connectivity index (χ0v) is 17.1. The number of nitrogens with one attached hydrogen (secondary N) is 2. The van der Waals surface area contributed by atoms with E-state index in [-0.39, 0.29) is 18.1 Å². The van der Waals surface area contributed by atoms with Crippen LogP contribution in [0.2, 0.25) is 0 Å². The molecule has 0 aliphatic carbocycles. The van der Waals surface area contributed by atoms with Crippen molar-refractivity contribution in [1.29, 1.82) is 0 Å². The number of carbonyl (C=O) groups excluding carboxylic acids is 1. The van der Waals surface area contributed by atoms with Gasteiger partial charge >= 0.3 is 0 Å². The lowest BCUT2D eigenvalue weighted by atomic mass is 9.98. The molecule has 2 aromatic carbocycles. The highest BCUT2D eigenvalue weighted by Gasteiger charge is 2.25. The highest BCUT2D eigenvalue weighted by molar-refractivity contribution is 7.88. The van der Waals surface area contributed by atoms with Gasteiger partial charge in [0.25, 0.3) is 0 Å². The molecule has 0 unspecified atom stereocenters. The number of carbonyl (C=O) groups is 1. The maximum Gasteiger partial charge on any atom is 0.228 e. The number of aryl methyl sites for hydroxylation is 1. The molecule has 0 fully saturated rings. The molecule has 0 saturated heterocycles. The first kappa shape index (κ1) is 19.6. The molecule has 1 aliphatic rings. The average molecular weight is 415 g/mol. The van der Waals surface area contributed by atoms with Crippen molar-refractivity contribution in [3.8, 4) is 0 Å². The Kier molecular flexibility index (Phi) is 4.92. The zero-order valence-electron chi connectivity index (χ0n) is 16.3. The van der Waals surface area contributed by atoms with Gasteiger partial charge in [0.1, 0.15) is 5.82 Å². The molecule has 1 amide bonds. The van der Waals surface area contributed by atoms with Gasteiger partial charge in [-0.2, -0.15) is 4.31 Å². The van der Waals surface area contributed by atoms with E-state index in [0.29, 0.717) is 30.6 Å². The number of amides is 1. The van der Waals surface area contributed by atoms with Crippen LogP contribution in [0.3, 0.4) is 0 Å². The molecule has 0 radical (unpaired) electrons. The Morgan fingerprint density at radius 2 is 2.07 bits per heavy atom. The van der Waals surface area contributed by atoms with Crippen LogP contribution < -0.4 is 5.32 Å². The fourth-order valence-electron chi connectivity index (χ4n) is 3.92. The molecule has 152 valence electrons. The second-order valence-corrected chi connectivity index (χ2v) is 9.42. The maximum absolute atomic E-state index is 13.7. The van der Waals surface area contributed by atoms with Crippen LogP contribution >= 0.6 is 0 Å². The number of hydrogen-bond donors (Lipinski definition) is 2. The second-order valence-electron chi connectivity index (χ2n) is 7.43. The average Bonchev–Trinajstić information content (AvgIpc) is 2.96. The predicted octanol–water partition coefficient (Wildman–Crippen LogP) is 3.11. The van der Waals surface area contributed by atoms with Gasteiger partial charge in [0, 0.05) is 35.4 Å². The van der Waals surface area contributed by atoms with Crippen LogP contribution in [-0.2, 0) is 34.2 Å². The molecule has 0 atom stereocenters. The van der Waals surface area contributed by atoms with Gasteiger partial charge in [-0.25, -0.2) is 12.8 Å². The van der Waals surface area contributed by atoms with Crippen molar-refractivity contribution < 1.29 is 17.6 Å². The van der Waals surface area contributed by atoms with E-state index in [1.807, 2.05) is 25.1 Å². The van der Waals surface area contributed by atoms with Crippen molar-refractivity contribution in [1.82, 2.24) is 9.29 Å². The Bertz CT molecular complexity index is 1220. The number of sulfonamides is 1. The van der Waals surface area contributed by atoms with Crippen molar-refractivity contribution >= 4 is 32.5 Å². The number of H-pyrrole nitrogens is 1. The summed E-state index contributed by atoms with van der Waals surface area (Å²) >= 11 is 0. The van der Waals surface area contributed by atoms with Gasteiger partial charge < -0.3 is 10.3 Å². The molecule has 2 N–H and O–H groups in total. The van der Waals surface area contributed by atoms with Gasteiger partial charge in [-0.15, -0.1) is 0 Å². The molecule has 29 heavy (non-hydrogen) atoms. The monoisotopic (exact) mass is 415 g/mol. The van der Waals surface area contributed by atoms with E-state index in [2.05, 4.69) is 10.3 Å². The van der Waals surface area contributed by atoms with Crippen LogP contribution in [0.4, 0.5) is 10.1 Å². The largest absolute Gasteiger partial charge is 0.358 e. The third-order valence-corrected chi connectivity index (χ3v) is 6.64. The molecular weight excluding hydrogens is 393 g/mol.